The van der Waals surface area contributed by atoms with Gasteiger partial charge in [-0.3, -0.25) is 9.59 Å². The van der Waals surface area contributed by atoms with Crippen molar-refractivity contribution in [2.75, 3.05) is 7.11 Å². The first-order chi connectivity index (χ1) is 13.9. The highest BCUT2D eigenvalue weighted by molar-refractivity contribution is 5.93. The predicted octanol–water partition coefficient (Wildman–Crippen LogP) is 1.93. The highest BCUT2D eigenvalue weighted by Crippen LogP contribution is 2.74. The van der Waals surface area contributed by atoms with Crippen LogP contribution in [0.4, 0.5) is 0 Å². The molecule has 4 aliphatic heterocycles. The quantitative estimate of drug-likeness (QED) is 0.546. The number of hydrogen-bond donors (Lipinski definition) is 0. The molecule has 29 heavy (non-hydrogen) atoms. The number of esters is 3. The van der Waals surface area contributed by atoms with Gasteiger partial charge in [0.2, 0.25) is 0 Å². The van der Waals surface area contributed by atoms with Crippen molar-refractivity contribution in [3.05, 3.63) is 24.2 Å². The first-order valence-corrected chi connectivity index (χ1v) is 10.1. The van der Waals surface area contributed by atoms with E-state index < -0.39 is 46.4 Å². The van der Waals surface area contributed by atoms with Crippen molar-refractivity contribution in [2.45, 2.75) is 56.5 Å². The van der Waals surface area contributed by atoms with Gasteiger partial charge in [0, 0.05) is 17.4 Å². The lowest BCUT2D eigenvalue weighted by molar-refractivity contribution is -0.252. The minimum absolute atomic E-state index is 0.237. The number of hydrogen-bond acceptors (Lipinski definition) is 8. The van der Waals surface area contributed by atoms with Gasteiger partial charge in [0.25, 0.3) is 0 Å². The number of carbonyl (C=O) groups is 3. The minimum atomic E-state index is -1.22. The summed E-state index contributed by atoms with van der Waals surface area (Å²) in [7, 11) is 1.32. The lowest BCUT2D eigenvalue weighted by atomic mass is 9.41. The van der Waals surface area contributed by atoms with Gasteiger partial charge in [0.05, 0.1) is 31.7 Å². The van der Waals surface area contributed by atoms with E-state index in [0.29, 0.717) is 19.3 Å². The van der Waals surface area contributed by atoms with Crippen LogP contribution in [0.2, 0.25) is 0 Å². The second kappa shape index (κ2) is 5.22. The summed E-state index contributed by atoms with van der Waals surface area (Å²) in [6.07, 6.45) is 3.49. The van der Waals surface area contributed by atoms with Crippen LogP contribution in [0.15, 0.2) is 23.0 Å². The second-order valence-corrected chi connectivity index (χ2v) is 9.27. The Kier molecular flexibility index (Phi) is 3.15. The maximum Gasteiger partial charge on any atom is 0.339 e. The molecule has 8 heteroatoms. The fourth-order valence-corrected chi connectivity index (χ4v) is 7.17. The first kappa shape index (κ1) is 17.5. The predicted molar refractivity (Wildman–Crippen MR) is 93.0 cm³/mol. The molecule has 8 nitrogen and oxygen atoms in total. The SMILES string of the molecule is COC(=O)C1CC2CC3C1(C(=O)O2)C1CC2(OC(c4ccoc4)CC32C)C(=O)O1. The maximum absolute atomic E-state index is 13.3. The number of fused-ring (bicyclic) bond motifs is 3. The lowest BCUT2D eigenvalue weighted by Crippen LogP contribution is -2.72. The van der Waals surface area contributed by atoms with Gasteiger partial charge in [-0.05, 0) is 31.2 Å². The molecule has 2 aliphatic carbocycles. The molecule has 4 saturated heterocycles. The molecule has 1 aromatic rings. The van der Waals surface area contributed by atoms with Crippen molar-refractivity contribution in [2.24, 2.45) is 22.7 Å². The monoisotopic (exact) mass is 402 g/mol. The third-order valence-corrected chi connectivity index (χ3v) is 8.41. The summed E-state index contributed by atoms with van der Waals surface area (Å²) in [6.45, 7) is 2.00. The van der Waals surface area contributed by atoms with E-state index in [4.69, 9.17) is 23.4 Å². The maximum atomic E-state index is 13.3. The molecular formula is C21H22O8. The van der Waals surface area contributed by atoms with E-state index >= 15 is 0 Å². The topological polar surface area (TPSA) is 101 Å². The Labute approximate surface area is 166 Å². The second-order valence-electron chi connectivity index (χ2n) is 9.27. The van der Waals surface area contributed by atoms with Crippen LogP contribution < -0.4 is 0 Å². The van der Waals surface area contributed by atoms with E-state index in [1.807, 2.05) is 13.0 Å². The molecule has 6 aliphatic rings. The van der Waals surface area contributed by atoms with Gasteiger partial charge in [0.15, 0.2) is 5.60 Å². The molecule has 0 N–H and O–H groups in total. The number of carbonyl (C=O) groups excluding carboxylic acids is 3. The van der Waals surface area contributed by atoms with Crippen LogP contribution in [0.1, 0.15) is 44.3 Å². The Bertz CT molecular complexity index is 923. The van der Waals surface area contributed by atoms with E-state index in [2.05, 4.69) is 0 Å². The van der Waals surface area contributed by atoms with Crippen LogP contribution in [0, 0.1) is 22.7 Å². The Morgan fingerprint density at radius 1 is 1.17 bits per heavy atom. The Morgan fingerprint density at radius 2 is 2.00 bits per heavy atom. The molecule has 0 amide bonds. The van der Waals surface area contributed by atoms with Crippen LogP contribution in [0.5, 0.6) is 0 Å². The molecule has 6 fully saturated rings. The van der Waals surface area contributed by atoms with Gasteiger partial charge >= 0.3 is 17.9 Å². The van der Waals surface area contributed by atoms with Gasteiger partial charge in [-0.25, -0.2) is 4.79 Å². The normalized spacial score (nSPS) is 49.2. The molecule has 1 aromatic heterocycles. The number of furan rings is 1. The van der Waals surface area contributed by atoms with E-state index in [1.54, 1.807) is 12.5 Å². The summed E-state index contributed by atoms with van der Waals surface area (Å²) >= 11 is 0. The molecule has 0 aromatic carbocycles. The molecular weight excluding hydrogens is 380 g/mol. The van der Waals surface area contributed by atoms with Crippen molar-refractivity contribution >= 4 is 17.9 Å². The molecule has 5 heterocycles. The Balaban J connectivity index is 1.54. The summed E-state index contributed by atoms with van der Waals surface area (Å²) in [4.78, 5) is 39.2. The van der Waals surface area contributed by atoms with Crippen LogP contribution in [-0.2, 0) is 33.3 Å². The van der Waals surface area contributed by atoms with E-state index in [-0.39, 0.29) is 24.5 Å². The number of methoxy groups -OCH3 is 1. The molecule has 154 valence electrons. The highest BCUT2D eigenvalue weighted by Gasteiger charge is 2.84. The Morgan fingerprint density at radius 3 is 2.72 bits per heavy atom. The zero-order chi connectivity index (χ0) is 20.2. The zero-order valence-electron chi connectivity index (χ0n) is 16.2. The van der Waals surface area contributed by atoms with Crippen molar-refractivity contribution in [1.82, 2.24) is 0 Å². The van der Waals surface area contributed by atoms with Gasteiger partial charge in [0.1, 0.15) is 17.6 Å². The van der Waals surface area contributed by atoms with E-state index in [1.165, 1.54) is 7.11 Å². The van der Waals surface area contributed by atoms with Crippen molar-refractivity contribution < 1.29 is 37.7 Å². The van der Waals surface area contributed by atoms with Gasteiger partial charge in [-0.2, -0.15) is 0 Å². The van der Waals surface area contributed by atoms with Crippen LogP contribution in [0.25, 0.3) is 0 Å². The summed E-state index contributed by atoms with van der Waals surface area (Å²) in [5.41, 5.74) is -2.17. The molecule has 0 radical (unpaired) electrons. The molecule has 4 bridgehead atoms. The molecule has 2 spiro atoms. The molecule has 8 unspecified atom stereocenters. The third-order valence-electron chi connectivity index (χ3n) is 8.41. The van der Waals surface area contributed by atoms with Crippen LogP contribution >= 0.6 is 0 Å². The number of rotatable bonds is 2. The van der Waals surface area contributed by atoms with Crippen LogP contribution in [-0.4, -0.2) is 42.8 Å². The first-order valence-electron chi connectivity index (χ1n) is 10.1. The highest BCUT2D eigenvalue weighted by atomic mass is 16.6. The standard InChI is InChI=1S/C21H22O8/c1-19-7-13(10-3-4-26-9-10)29-20(19)8-15(28-17(20)23)21-12(16(22)25-2)5-11(6-14(19)21)27-18(21)24/h3-4,9,11-15H,5-8H2,1-2H3. The minimum Gasteiger partial charge on any atom is -0.472 e. The summed E-state index contributed by atoms with van der Waals surface area (Å²) in [5, 5.41) is 0. The fraction of sp³-hybridized carbons (Fsp3) is 0.667. The van der Waals surface area contributed by atoms with E-state index in [9.17, 15) is 14.4 Å². The summed E-state index contributed by atoms with van der Waals surface area (Å²) in [6, 6.07) is 1.83. The van der Waals surface area contributed by atoms with Crippen LogP contribution in [0.3, 0.4) is 0 Å². The van der Waals surface area contributed by atoms with Crippen molar-refractivity contribution in [1.29, 1.82) is 0 Å². The average molecular weight is 402 g/mol. The largest absolute Gasteiger partial charge is 0.472 e. The lowest BCUT2D eigenvalue weighted by Gasteiger charge is -2.62. The van der Waals surface area contributed by atoms with Crippen molar-refractivity contribution in [3.63, 3.8) is 0 Å². The smallest absolute Gasteiger partial charge is 0.339 e. The van der Waals surface area contributed by atoms with E-state index in [0.717, 1.165) is 5.56 Å². The van der Waals surface area contributed by atoms with Gasteiger partial charge < -0.3 is 23.4 Å². The van der Waals surface area contributed by atoms with Gasteiger partial charge in [-0.1, -0.05) is 6.92 Å². The summed E-state index contributed by atoms with van der Waals surface area (Å²) in [5.74, 6) is -2.29. The molecule has 7 rings (SSSR count). The Hall–Kier alpha value is -2.35. The molecule has 2 saturated carbocycles. The van der Waals surface area contributed by atoms with Crippen molar-refractivity contribution in [3.8, 4) is 0 Å². The zero-order valence-corrected chi connectivity index (χ0v) is 16.2. The number of ether oxygens (including phenoxy) is 4. The molecule has 8 atom stereocenters. The fourth-order valence-electron chi connectivity index (χ4n) is 7.17. The average Bonchev–Trinajstić information content (AvgIpc) is 3.40. The third kappa shape index (κ3) is 1.75. The van der Waals surface area contributed by atoms with Gasteiger partial charge in [-0.15, -0.1) is 0 Å². The summed E-state index contributed by atoms with van der Waals surface area (Å²) < 4.78 is 28.2.